The molecule has 0 fully saturated rings. The van der Waals surface area contributed by atoms with Crippen molar-refractivity contribution in [2.45, 2.75) is 26.2 Å². The van der Waals surface area contributed by atoms with E-state index in [4.69, 9.17) is 4.98 Å². The first-order valence-electron chi connectivity index (χ1n) is 10.2. The Bertz CT molecular complexity index is 1170. The summed E-state index contributed by atoms with van der Waals surface area (Å²) in [5.41, 5.74) is 7.73. The van der Waals surface area contributed by atoms with Crippen LogP contribution in [0.2, 0.25) is 0 Å². The normalized spacial score (nSPS) is 16.3. The zero-order valence-electron chi connectivity index (χ0n) is 16.9. The molecule has 140 valence electrons. The van der Waals surface area contributed by atoms with Crippen LogP contribution in [0, 0.1) is 5.92 Å². The van der Waals surface area contributed by atoms with E-state index in [2.05, 4.69) is 86.6 Å². The van der Waals surface area contributed by atoms with Crippen LogP contribution in [0.5, 0.6) is 0 Å². The van der Waals surface area contributed by atoms with E-state index in [1.165, 1.54) is 50.7 Å². The SMILES string of the molecule is C[C@H]1CCc2c(c(-c3ccc(N(C)C)cc3)nc3ccc4ccccc4c23)C1. The van der Waals surface area contributed by atoms with Crippen LogP contribution < -0.4 is 4.90 Å². The lowest BCUT2D eigenvalue weighted by Gasteiger charge is -2.26. The monoisotopic (exact) mass is 366 g/mol. The Labute approximate surface area is 166 Å². The van der Waals surface area contributed by atoms with Crippen LogP contribution in [0.25, 0.3) is 32.9 Å². The van der Waals surface area contributed by atoms with Crippen molar-refractivity contribution in [1.29, 1.82) is 0 Å². The van der Waals surface area contributed by atoms with Crippen molar-refractivity contribution in [3.63, 3.8) is 0 Å². The number of fused-ring (bicyclic) bond motifs is 5. The minimum absolute atomic E-state index is 0.710. The van der Waals surface area contributed by atoms with Gasteiger partial charge in [-0.1, -0.05) is 49.4 Å². The average Bonchev–Trinajstić information content (AvgIpc) is 2.72. The van der Waals surface area contributed by atoms with E-state index in [0.29, 0.717) is 5.92 Å². The van der Waals surface area contributed by atoms with Crippen molar-refractivity contribution in [2.24, 2.45) is 5.92 Å². The second-order valence-corrected chi connectivity index (χ2v) is 8.39. The summed E-state index contributed by atoms with van der Waals surface area (Å²) in [6.45, 7) is 2.37. The van der Waals surface area contributed by atoms with Gasteiger partial charge in [-0.2, -0.15) is 0 Å². The molecule has 0 saturated carbocycles. The molecule has 0 unspecified atom stereocenters. The van der Waals surface area contributed by atoms with E-state index >= 15 is 0 Å². The second kappa shape index (κ2) is 6.63. The van der Waals surface area contributed by atoms with Gasteiger partial charge in [-0.25, -0.2) is 4.98 Å². The molecule has 1 atom stereocenters. The van der Waals surface area contributed by atoms with Crippen molar-refractivity contribution < 1.29 is 0 Å². The maximum Gasteiger partial charge on any atom is 0.0744 e. The van der Waals surface area contributed by atoms with Gasteiger partial charge in [0, 0.05) is 30.7 Å². The van der Waals surface area contributed by atoms with Crippen LogP contribution in [0.15, 0.2) is 60.7 Å². The fourth-order valence-electron chi connectivity index (χ4n) is 4.65. The molecule has 2 heteroatoms. The Balaban J connectivity index is 1.80. The molecule has 0 radical (unpaired) electrons. The Kier molecular flexibility index (Phi) is 4.08. The molecule has 2 nitrogen and oxygen atoms in total. The first kappa shape index (κ1) is 17.2. The number of nitrogens with zero attached hydrogens (tertiary/aromatic N) is 2. The Morgan fingerprint density at radius 2 is 1.68 bits per heavy atom. The summed E-state index contributed by atoms with van der Waals surface area (Å²) in [5.74, 6) is 0.710. The largest absolute Gasteiger partial charge is 0.378 e. The molecule has 1 aromatic heterocycles. The van der Waals surface area contributed by atoms with Gasteiger partial charge in [0.15, 0.2) is 0 Å². The minimum atomic E-state index is 0.710. The maximum atomic E-state index is 5.20. The van der Waals surface area contributed by atoms with Crippen LogP contribution in [0.1, 0.15) is 24.5 Å². The highest BCUT2D eigenvalue weighted by atomic mass is 15.1. The predicted molar refractivity (Wildman–Crippen MR) is 120 cm³/mol. The third-order valence-electron chi connectivity index (χ3n) is 6.19. The summed E-state index contributed by atoms with van der Waals surface area (Å²) in [6.07, 6.45) is 3.52. The third-order valence-corrected chi connectivity index (χ3v) is 6.19. The molecule has 0 N–H and O–H groups in total. The van der Waals surface area contributed by atoms with Crippen LogP contribution in [-0.2, 0) is 12.8 Å². The number of benzene rings is 3. The highest BCUT2D eigenvalue weighted by molar-refractivity contribution is 6.09. The summed E-state index contributed by atoms with van der Waals surface area (Å²) in [7, 11) is 4.16. The Hall–Kier alpha value is -2.87. The molecular weight excluding hydrogens is 340 g/mol. The van der Waals surface area contributed by atoms with E-state index in [-0.39, 0.29) is 0 Å². The molecular formula is C26H26N2. The van der Waals surface area contributed by atoms with Crippen molar-refractivity contribution >= 4 is 27.4 Å². The Morgan fingerprint density at radius 1 is 0.893 bits per heavy atom. The summed E-state index contributed by atoms with van der Waals surface area (Å²) in [4.78, 5) is 7.34. The fourth-order valence-corrected chi connectivity index (χ4v) is 4.65. The molecule has 0 bridgehead atoms. The standard InChI is InChI=1S/C26H26N2/c1-17-8-14-22-23(16-17)26(19-9-12-20(13-10-19)28(2)3)27-24-15-11-18-6-4-5-7-21(18)25(22)24/h4-7,9-13,15,17H,8,14,16H2,1-3H3/t17-/m0/s1. The van der Waals surface area contributed by atoms with Crippen LogP contribution in [0.4, 0.5) is 5.69 Å². The number of rotatable bonds is 2. The summed E-state index contributed by atoms with van der Waals surface area (Å²) >= 11 is 0. The summed E-state index contributed by atoms with van der Waals surface area (Å²) in [6, 6.07) is 22.0. The molecule has 1 aliphatic rings. The lowest BCUT2D eigenvalue weighted by Crippen LogP contribution is -2.14. The van der Waals surface area contributed by atoms with Gasteiger partial charge in [0.1, 0.15) is 0 Å². The smallest absolute Gasteiger partial charge is 0.0744 e. The number of hydrogen-bond donors (Lipinski definition) is 0. The molecule has 1 heterocycles. The quantitative estimate of drug-likeness (QED) is 0.390. The van der Waals surface area contributed by atoms with Gasteiger partial charge in [0.05, 0.1) is 11.2 Å². The topological polar surface area (TPSA) is 16.1 Å². The number of aryl methyl sites for hydroxylation is 1. The van der Waals surface area contributed by atoms with E-state index in [0.717, 1.165) is 18.4 Å². The van der Waals surface area contributed by atoms with Crippen molar-refractivity contribution in [2.75, 3.05) is 19.0 Å². The van der Waals surface area contributed by atoms with E-state index in [1.807, 2.05) is 0 Å². The Morgan fingerprint density at radius 3 is 2.46 bits per heavy atom. The van der Waals surface area contributed by atoms with Gasteiger partial charge in [0.25, 0.3) is 0 Å². The second-order valence-electron chi connectivity index (χ2n) is 8.39. The third kappa shape index (κ3) is 2.75. The van der Waals surface area contributed by atoms with Crippen LogP contribution >= 0.6 is 0 Å². The number of aromatic nitrogens is 1. The molecule has 0 saturated heterocycles. The lowest BCUT2D eigenvalue weighted by molar-refractivity contribution is 0.503. The van der Waals surface area contributed by atoms with Gasteiger partial charge in [0.2, 0.25) is 0 Å². The van der Waals surface area contributed by atoms with Gasteiger partial charge < -0.3 is 4.90 Å². The number of hydrogen-bond acceptors (Lipinski definition) is 2. The highest BCUT2D eigenvalue weighted by Crippen LogP contribution is 2.39. The predicted octanol–water partition coefficient (Wildman–Crippen LogP) is 6.25. The van der Waals surface area contributed by atoms with Gasteiger partial charge in [-0.3, -0.25) is 0 Å². The molecule has 0 aliphatic heterocycles. The van der Waals surface area contributed by atoms with Crippen molar-refractivity contribution in [3.05, 3.63) is 71.8 Å². The number of anilines is 1. The first-order valence-corrected chi connectivity index (χ1v) is 10.2. The van der Waals surface area contributed by atoms with Crippen LogP contribution in [0.3, 0.4) is 0 Å². The molecule has 0 spiro atoms. The zero-order valence-corrected chi connectivity index (χ0v) is 16.9. The van der Waals surface area contributed by atoms with Crippen molar-refractivity contribution in [3.8, 4) is 11.3 Å². The average molecular weight is 367 g/mol. The highest BCUT2D eigenvalue weighted by Gasteiger charge is 2.23. The zero-order chi connectivity index (χ0) is 19.3. The minimum Gasteiger partial charge on any atom is -0.378 e. The summed E-state index contributed by atoms with van der Waals surface area (Å²) < 4.78 is 0. The van der Waals surface area contributed by atoms with Gasteiger partial charge in [-0.15, -0.1) is 0 Å². The van der Waals surface area contributed by atoms with E-state index < -0.39 is 0 Å². The maximum absolute atomic E-state index is 5.20. The summed E-state index contributed by atoms with van der Waals surface area (Å²) in [5, 5.41) is 4.02. The molecule has 0 amide bonds. The van der Waals surface area contributed by atoms with Gasteiger partial charge >= 0.3 is 0 Å². The van der Waals surface area contributed by atoms with Crippen LogP contribution in [-0.4, -0.2) is 19.1 Å². The molecule has 1 aliphatic carbocycles. The van der Waals surface area contributed by atoms with E-state index in [1.54, 1.807) is 0 Å². The fraction of sp³-hybridized carbons (Fsp3) is 0.269. The molecule has 3 aromatic carbocycles. The molecule has 5 rings (SSSR count). The van der Waals surface area contributed by atoms with E-state index in [9.17, 15) is 0 Å². The first-order chi connectivity index (χ1) is 13.6. The number of pyridine rings is 1. The lowest BCUT2D eigenvalue weighted by atomic mass is 9.80. The van der Waals surface area contributed by atoms with Gasteiger partial charge in [-0.05, 0) is 65.3 Å². The van der Waals surface area contributed by atoms with Crippen molar-refractivity contribution in [1.82, 2.24) is 4.98 Å². The molecule has 28 heavy (non-hydrogen) atoms. The molecule has 4 aromatic rings.